The fraction of sp³-hybridized carbons (Fsp3) is 0.222. The topological polar surface area (TPSA) is 116 Å². The number of hydrogen-bond acceptors (Lipinski definition) is 5. The van der Waals surface area contributed by atoms with E-state index in [-0.39, 0.29) is 24.2 Å². The van der Waals surface area contributed by atoms with Crippen molar-refractivity contribution in [3.63, 3.8) is 0 Å². The average molecular weight is 357 g/mol. The van der Waals surface area contributed by atoms with Gasteiger partial charge in [0.2, 0.25) is 5.91 Å². The van der Waals surface area contributed by atoms with E-state index in [1.54, 1.807) is 31.2 Å². The van der Waals surface area contributed by atoms with Crippen LogP contribution in [0.3, 0.4) is 0 Å². The zero-order valence-corrected chi connectivity index (χ0v) is 14.5. The largest absolute Gasteiger partial charge is 0.495 e. The predicted octanol–water partition coefficient (Wildman–Crippen LogP) is 2.43. The van der Waals surface area contributed by atoms with Crippen LogP contribution in [0.1, 0.15) is 22.3 Å². The summed E-state index contributed by atoms with van der Waals surface area (Å²) in [5.74, 6) is -0.613. The molecule has 26 heavy (non-hydrogen) atoms. The van der Waals surface area contributed by atoms with Crippen LogP contribution in [0.25, 0.3) is 0 Å². The highest BCUT2D eigenvalue weighted by atomic mass is 16.6. The highest BCUT2D eigenvalue weighted by Crippen LogP contribution is 2.30. The SMILES string of the molecule is COc1ccccc1N(CCC(N)=O)C(=O)c1ccc(C)c([N+](=O)[O-])c1. The first-order valence-corrected chi connectivity index (χ1v) is 7.83. The first-order chi connectivity index (χ1) is 12.3. The Kier molecular flexibility index (Phi) is 5.90. The standard InChI is InChI=1S/C18H19N3O5/c1-12-7-8-13(11-15(12)21(24)25)18(23)20(10-9-17(19)22)14-5-3-4-6-16(14)26-2/h3-8,11H,9-10H2,1-2H3,(H2,19,22). The van der Waals surface area contributed by atoms with Crippen LogP contribution in [0.2, 0.25) is 0 Å². The quantitative estimate of drug-likeness (QED) is 0.603. The number of carbonyl (C=O) groups is 2. The number of para-hydroxylation sites is 2. The molecule has 0 bridgehead atoms. The number of amides is 2. The van der Waals surface area contributed by atoms with Crippen molar-refractivity contribution >= 4 is 23.2 Å². The van der Waals surface area contributed by atoms with E-state index < -0.39 is 16.7 Å². The number of ether oxygens (including phenoxy) is 1. The molecule has 0 aliphatic heterocycles. The molecule has 2 rings (SSSR count). The number of benzene rings is 2. The van der Waals surface area contributed by atoms with Crippen LogP contribution in [0.15, 0.2) is 42.5 Å². The lowest BCUT2D eigenvalue weighted by atomic mass is 10.1. The van der Waals surface area contributed by atoms with Crippen LogP contribution in [0, 0.1) is 17.0 Å². The monoisotopic (exact) mass is 357 g/mol. The van der Waals surface area contributed by atoms with E-state index >= 15 is 0 Å². The summed E-state index contributed by atoms with van der Waals surface area (Å²) >= 11 is 0. The normalized spacial score (nSPS) is 10.2. The zero-order chi connectivity index (χ0) is 19.3. The molecular weight excluding hydrogens is 338 g/mol. The number of aryl methyl sites for hydroxylation is 1. The average Bonchev–Trinajstić information content (AvgIpc) is 2.62. The molecule has 0 saturated heterocycles. The van der Waals surface area contributed by atoms with Crippen LogP contribution < -0.4 is 15.4 Å². The second kappa shape index (κ2) is 8.11. The molecule has 0 fully saturated rings. The van der Waals surface area contributed by atoms with Gasteiger partial charge in [-0.1, -0.05) is 18.2 Å². The van der Waals surface area contributed by atoms with Gasteiger partial charge in [0, 0.05) is 30.2 Å². The Balaban J connectivity index is 2.48. The molecule has 0 aromatic heterocycles. The van der Waals surface area contributed by atoms with E-state index in [4.69, 9.17) is 10.5 Å². The third-order valence-electron chi connectivity index (χ3n) is 3.86. The van der Waals surface area contributed by atoms with E-state index in [1.807, 2.05) is 0 Å². The fourth-order valence-corrected chi connectivity index (χ4v) is 2.50. The van der Waals surface area contributed by atoms with Crippen LogP contribution in [-0.4, -0.2) is 30.4 Å². The lowest BCUT2D eigenvalue weighted by molar-refractivity contribution is -0.385. The van der Waals surface area contributed by atoms with E-state index in [0.29, 0.717) is 17.0 Å². The van der Waals surface area contributed by atoms with E-state index in [0.717, 1.165) is 0 Å². The summed E-state index contributed by atoms with van der Waals surface area (Å²) in [6.45, 7) is 1.62. The molecule has 136 valence electrons. The molecule has 2 aromatic rings. The van der Waals surface area contributed by atoms with Gasteiger partial charge in [0.05, 0.1) is 17.7 Å². The van der Waals surface area contributed by atoms with Gasteiger partial charge < -0.3 is 15.4 Å². The molecule has 0 saturated carbocycles. The number of methoxy groups -OCH3 is 1. The number of carbonyl (C=O) groups excluding carboxylic acids is 2. The van der Waals surface area contributed by atoms with Gasteiger partial charge in [0.15, 0.2) is 0 Å². The third kappa shape index (κ3) is 4.15. The Labute approximate surface area is 150 Å². The second-order valence-electron chi connectivity index (χ2n) is 5.60. The number of nitrogens with zero attached hydrogens (tertiary/aromatic N) is 2. The molecule has 0 aliphatic rings. The van der Waals surface area contributed by atoms with Gasteiger partial charge >= 0.3 is 0 Å². The molecule has 0 spiro atoms. The molecule has 0 aliphatic carbocycles. The number of nitro benzene ring substituents is 1. The smallest absolute Gasteiger partial charge is 0.273 e. The number of rotatable bonds is 7. The van der Waals surface area contributed by atoms with Gasteiger partial charge in [0.1, 0.15) is 5.75 Å². The molecule has 0 atom stereocenters. The molecule has 0 heterocycles. The van der Waals surface area contributed by atoms with Crippen molar-refractivity contribution in [2.24, 2.45) is 5.73 Å². The van der Waals surface area contributed by atoms with Crippen molar-refractivity contribution in [1.82, 2.24) is 0 Å². The first kappa shape index (κ1) is 18.9. The molecule has 8 heteroatoms. The fourth-order valence-electron chi connectivity index (χ4n) is 2.50. The van der Waals surface area contributed by atoms with Gasteiger partial charge in [-0.25, -0.2) is 0 Å². The van der Waals surface area contributed by atoms with Gasteiger partial charge in [0.25, 0.3) is 11.6 Å². The lowest BCUT2D eigenvalue weighted by Crippen LogP contribution is -2.34. The van der Waals surface area contributed by atoms with Gasteiger partial charge in [-0.3, -0.25) is 19.7 Å². The van der Waals surface area contributed by atoms with Crippen molar-refractivity contribution in [3.05, 3.63) is 63.7 Å². The molecule has 2 N–H and O–H groups in total. The van der Waals surface area contributed by atoms with Gasteiger partial charge in [-0.15, -0.1) is 0 Å². The van der Waals surface area contributed by atoms with Crippen molar-refractivity contribution in [2.45, 2.75) is 13.3 Å². The maximum Gasteiger partial charge on any atom is 0.273 e. The lowest BCUT2D eigenvalue weighted by Gasteiger charge is -2.24. The Morgan fingerprint density at radius 2 is 1.92 bits per heavy atom. The third-order valence-corrected chi connectivity index (χ3v) is 3.86. The van der Waals surface area contributed by atoms with Crippen LogP contribution in [0.5, 0.6) is 5.75 Å². The van der Waals surface area contributed by atoms with Crippen LogP contribution in [-0.2, 0) is 4.79 Å². The molecule has 0 radical (unpaired) electrons. The summed E-state index contributed by atoms with van der Waals surface area (Å²) in [6, 6.07) is 11.1. The van der Waals surface area contributed by atoms with Crippen molar-refractivity contribution in [1.29, 1.82) is 0 Å². The Bertz CT molecular complexity index is 850. The molecule has 8 nitrogen and oxygen atoms in total. The summed E-state index contributed by atoms with van der Waals surface area (Å²) in [4.78, 5) is 36.2. The zero-order valence-electron chi connectivity index (χ0n) is 14.5. The molecular formula is C18H19N3O5. The maximum atomic E-state index is 13.0. The molecule has 2 amide bonds. The predicted molar refractivity (Wildman–Crippen MR) is 96.3 cm³/mol. The van der Waals surface area contributed by atoms with Gasteiger partial charge in [-0.2, -0.15) is 0 Å². The number of hydrogen-bond donors (Lipinski definition) is 1. The van der Waals surface area contributed by atoms with Gasteiger partial charge in [-0.05, 0) is 25.1 Å². The van der Waals surface area contributed by atoms with Crippen molar-refractivity contribution in [3.8, 4) is 5.75 Å². The summed E-state index contributed by atoms with van der Waals surface area (Å²) in [7, 11) is 1.46. The van der Waals surface area contributed by atoms with Crippen molar-refractivity contribution < 1.29 is 19.2 Å². The molecule has 0 unspecified atom stereocenters. The number of primary amides is 1. The van der Waals surface area contributed by atoms with E-state index in [1.165, 1.54) is 30.2 Å². The highest BCUT2D eigenvalue weighted by molar-refractivity contribution is 6.07. The highest BCUT2D eigenvalue weighted by Gasteiger charge is 2.23. The van der Waals surface area contributed by atoms with Crippen LogP contribution >= 0.6 is 0 Å². The Morgan fingerprint density at radius 1 is 1.23 bits per heavy atom. The first-order valence-electron chi connectivity index (χ1n) is 7.83. The molecule has 2 aromatic carbocycles. The van der Waals surface area contributed by atoms with Crippen molar-refractivity contribution in [2.75, 3.05) is 18.6 Å². The number of nitro groups is 1. The van der Waals surface area contributed by atoms with Crippen LogP contribution in [0.4, 0.5) is 11.4 Å². The Hall–Kier alpha value is -3.42. The maximum absolute atomic E-state index is 13.0. The summed E-state index contributed by atoms with van der Waals surface area (Å²) in [5.41, 5.74) is 6.10. The summed E-state index contributed by atoms with van der Waals surface area (Å²) in [5, 5.41) is 11.2. The summed E-state index contributed by atoms with van der Waals surface area (Å²) < 4.78 is 5.28. The minimum absolute atomic E-state index is 0.0240. The number of nitrogens with two attached hydrogens (primary N) is 1. The van der Waals surface area contributed by atoms with E-state index in [2.05, 4.69) is 0 Å². The minimum Gasteiger partial charge on any atom is -0.495 e. The Morgan fingerprint density at radius 3 is 2.54 bits per heavy atom. The second-order valence-corrected chi connectivity index (χ2v) is 5.60. The summed E-state index contributed by atoms with van der Waals surface area (Å²) in [6.07, 6.45) is -0.0578. The minimum atomic E-state index is -0.562. The number of anilines is 1. The van der Waals surface area contributed by atoms with E-state index in [9.17, 15) is 19.7 Å².